The zero-order chi connectivity index (χ0) is 12.4. The summed E-state index contributed by atoms with van der Waals surface area (Å²) in [6.07, 6.45) is 4.26. The second-order valence-corrected chi connectivity index (χ2v) is 5.71. The Labute approximate surface area is 108 Å². The van der Waals surface area contributed by atoms with Crippen LogP contribution in [0, 0.1) is 0 Å². The Balaban J connectivity index is 0.000000293. The first-order valence-corrected chi connectivity index (χ1v) is 7.01. The molecule has 4 heteroatoms. The first-order chi connectivity index (χ1) is 7.49. The number of carbonyl (C=O) groups excluding carboxylic acids is 1. The van der Waals surface area contributed by atoms with Gasteiger partial charge in [0.15, 0.2) is 0 Å². The summed E-state index contributed by atoms with van der Waals surface area (Å²) in [4.78, 5) is 12.1. The van der Waals surface area contributed by atoms with Gasteiger partial charge in [0.05, 0.1) is 0 Å². The molecule has 1 rings (SSSR count). The number of ether oxygens (including phenoxy) is 1. The first kappa shape index (κ1) is 15.9. The minimum absolute atomic E-state index is 0.318. The molecule has 0 aromatic rings. The third-order valence-corrected chi connectivity index (χ3v) is 2.61. The van der Waals surface area contributed by atoms with E-state index in [-0.39, 0.29) is 5.60 Å². The van der Waals surface area contributed by atoms with Crippen molar-refractivity contribution in [2.45, 2.75) is 45.6 Å². The van der Waals surface area contributed by atoms with Crippen molar-refractivity contribution in [1.29, 1.82) is 0 Å². The van der Waals surface area contributed by atoms with Crippen molar-refractivity contribution in [3.63, 3.8) is 0 Å². The van der Waals surface area contributed by atoms with E-state index in [4.69, 9.17) is 0 Å². The third kappa shape index (κ3) is 10.4. The molecule has 0 spiro atoms. The van der Waals surface area contributed by atoms with Crippen molar-refractivity contribution in [2.75, 3.05) is 25.0 Å². The van der Waals surface area contributed by atoms with Crippen LogP contribution in [-0.2, 0) is 9.53 Å². The molecule has 1 fully saturated rings. The lowest BCUT2D eigenvalue weighted by Crippen LogP contribution is -2.31. The molecule has 1 saturated heterocycles. The largest absolute Gasteiger partial charge is 0.462 e. The molecule has 0 aromatic carbocycles. The van der Waals surface area contributed by atoms with Gasteiger partial charge in [-0.3, -0.25) is 4.79 Å². The van der Waals surface area contributed by atoms with Gasteiger partial charge in [-0.25, -0.2) is 0 Å². The quantitative estimate of drug-likeness (QED) is 0.592. The van der Waals surface area contributed by atoms with Crippen LogP contribution < -0.4 is 0 Å². The maximum Gasteiger partial charge on any atom is 0.293 e. The normalized spacial score (nSPS) is 17.2. The number of likely N-dealkylation sites (tertiary alicyclic amines) is 1. The summed E-state index contributed by atoms with van der Waals surface area (Å²) in [6, 6.07) is 0. The van der Waals surface area contributed by atoms with Crippen molar-refractivity contribution in [2.24, 2.45) is 0 Å². The number of nitrogens with zero attached hydrogens (tertiary/aromatic N) is 1. The van der Waals surface area contributed by atoms with E-state index in [1.807, 2.05) is 20.8 Å². The predicted octanol–water partition coefficient (Wildman–Crippen LogP) is 2.83. The van der Waals surface area contributed by atoms with Gasteiger partial charge in [-0.2, -0.15) is 0 Å². The highest BCUT2D eigenvalue weighted by Crippen LogP contribution is 2.07. The number of alkyl halides is 1. The van der Waals surface area contributed by atoms with Crippen LogP contribution in [0.1, 0.15) is 40.0 Å². The molecule has 0 amide bonds. The highest BCUT2D eigenvalue weighted by atomic mass is 79.9. The molecule has 1 heterocycles. The molecule has 1 aliphatic heterocycles. The average Bonchev–Trinajstić information content (AvgIpc) is 2.19. The molecule has 0 radical (unpaired) electrons. The number of halogens is 1. The van der Waals surface area contributed by atoms with Gasteiger partial charge in [-0.1, -0.05) is 22.4 Å². The van der Waals surface area contributed by atoms with Crippen LogP contribution in [-0.4, -0.2) is 41.9 Å². The number of rotatable bonds is 3. The topological polar surface area (TPSA) is 29.5 Å². The lowest BCUT2D eigenvalue weighted by Gasteiger charge is -2.25. The summed E-state index contributed by atoms with van der Waals surface area (Å²) in [5.74, 6) is 0. The fourth-order valence-corrected chi connectivity index (χ4v) is 1.95. The fourth-order valence-electron chi connectivity index (χ4n) is 1.45. The molecular formula is C12H24BrNO2. The molecule has 0 N–H and O–H groups in total. The van der Waals surface area contributed by atoms with Crippen molar-refractivity contribution < 1.29 is 9.53 Å². The lowest BCUT2D eigenvalue weighted by atomic mass is 10.1. The Morgan fingerprint density at radius 2 is 1.81 bits per heavy atom. The minimum atomic E-state index is -0.318. The highest BCUT2D eigenvalue weighted by molar-refractivity contribution is 9.09. The second kappa shape index (κ2) is 8.99. The van der Waals surface area contributed by atoms with E-state index in [1.165, 1.54) is 38.9 Å². The molecule has 0 aliphatic carbocycles. The molecule has 96 valence electrons. The SMILES string of the molecule is BrCCN1CCCCC1.CC(C)(C)OC=O. The number of piperidine rings is 1. The zero-order valence-corrected chi connectivity index (χ0v) is 12.3. The van der Waals surface area contributed by atoms with E-state index in [9.17, 15) is 4.79 Å². The summed E-state index contributed by atoms with van der Waals surface area (Å²) >= 11 is 3.44. The molecule has 0 aromatic heterocycles. The van der Waals surface area contributed by atoms with Gasteiger partial charge in [0, 0.05) is 11.9 Å². The zero-order valence-electron chi connectivity index (χ0n) is 10.7. The van der Waals surface area contributed by atoms with Gasteiger partial charge in [0.25, 0.3) is 6.47 Å². The van der Waals surface area contributed by atoms with Crippen LogP contribution in [0.4, 0.5) is 0 Å². The van der Waals surface area contributed by atoms with Crippen molar-refractivity contribution >= 4 is 22.4 Å². The van der Waals surface area contributed by atoms with Gasteiger partial charge in [-0.15, -0.1) is 0 Å². The first-order valence-electron chi connectivity index (χ1n) is 5.89. The van der Waals surface area contributed by atoms with Gasteiger partial charge < -0.3 is 9.64 Å². The summed E-state index contributed by atoms with van der Waals surface area (Å²) < 4.78 is 4.55. The van der Waals surface area contributed by atoms with Gasteiger partial charge in [0.2, 0.25) is 0 Å². The van der Waals surface area contributed by atoms with Gasteiger partial charge >= 0.3 is 0 Å². The Kier molecular flexibility index (Phi) is 8.94. The summed E-state index contributed by atoms with van der Waals surface area (Å²) in [7, 11) is 0. The van der Waals surface area contributed by atoms with E-state index in [0.717, 1.165) is 5.33 Å². The second-order valence-electron chi connectivity index (χ2n) is 4.92. The van der Waals surface area contributed by atoms with Gasteiger partial charge in [-0.05, 0) is 46.7 Å². The standard InChI is InChI=1S/C7H14BrN.C5H10O2/c8-4-7-9-5-2-1-3-6-9;1-5(2,3)7-4-6/h1-7H2;4H,1-3H3. The number of hydrogen-bond donors (Lipinski definition) is 0. The Bertz CT molecular complexity index is 172. The molecule has 0 bridgehead atoms. The molecule has 1 aliphatic rings. The summed E-state index contributed by atoms with van der Waals surface area (Å²) in [6.45, 7) is 9.81. The van der Waals surface area contributed by atoms with Crippen LogP contribution in [0.2, 0.25) is 0 Å². The molecule has 0 saturated carbocycles. The number of carbonyl (C=O) groups is 1. The van der Waals surface area contributed by atoms with Crippen LogP contribution in [0.5, 0.6) is 0 Å². The van der Waals surface area contributed by atoms with E-state index in [2.05, 4.69) is 25.6 Å². The van der Waals surface area contributed by atoms with E-state index < -0.39 is 0 Å². The van der Waals surface area contributed by atoms with Crippen LogP contribution in [0.15, 0.2) is 0 Å². The maximum atomic E-state index is 9.60. The summed E-state index contributed by atoms with van der Waals surface area (Å²) in [5, 5.41) is 1.13. The van der Waals surface area contributed by atoms with Crippen molar-refractivity contribution in [3.05, 3.63) is 0 Å². The van der Waals surface area contributed by atoms with E-state index in [0.29, 0.717) is 6.47 Å². The maximum absolute atomic E-state index is 9.60. The Morgan fingerprint density at radius 1 is 1.25 bits per heavy atom. The van der Waals surface area contributed by atoms with Crippen LogP contribution in [0.25, 0.3) is 0 Å². The van der Waals surface area contributed by atoms with E-state index >= 15 is 0 Å². The molecular weight excluding hydrogens is 270 g/mol. The van der Waals surface area contributed by atoms with Crippen molar-refractivity contribution in [3.8, 4) is 0 Å². The fraction of sp³-hybridized carbons (Fsp3) is 0.917. The predicted molar refractivity (Wildman–Crippen MR) is 71.0 cm³/mol. The van der Waals surface area contributed by atoms with Crippen LogP contribution >= 0.6 is 15.9 Å². The van der Waals surface area contributed by atoms with Crippen molar-refractivity contribution in [1.82, 2.24) is 4.90 Å². The molecule has 0 atom stereocenters. The average molecular weight is 294 g/mol. The highest BCUT2D eigenvalue weighted by Gasteiger charge is 2.08. The number of hydrogen-bond acceptors (Lipinski definition) is 3. The molecule has 3 nitrogen and oxygen atoms in total. The monoisotopic (exact) mass is 293 g/mol. The van der Waals surface area contributed by atoms with Gasteiger partial charge in [0.1, 0.15) is 5.60 Å². The third-order valence-electron chi connectivity index (χ3n) is 2.25. The van der Waals surface area contributed by atoms with E-state index in [1.54, 1.807) is 0 Å². The smallest absolute Gasteiger partial charge is 0.293 e. The summed E-state index contributed by atoms with van der Waals surface area (Å²) in [5.41, 5.74) is -0.318. The lowest BCUT2D eigenvalue weighted by molar-refractivity contribution is -0.138. The Hall–Kier alpha value is -0.0900. The molecule has 16 heavy (non-hydrogen) atoms. The minimum Gasteiger partial charge on any atom is -0.462 e. The van der Waals surface area contributed by atoms with Crippen LogP contribution in [0.3, 0.4) is 0 Å². The molecule has 0 unspecified atom stereocenters. The Morgan fingerprint density at radius 3 is 2.12 bits per heavy atom.